The quantitative estimate of drug-likeness (QED) is 0.398. The molecule has 0 aromatic rings. The Kier molecular flexibility index (Phi) is 6.30. The zero-order valence-corrected chi connectivity index (χ0v) is 17.2. The average molecular weight is 449 g/mol. The van der Waals surface area contributed by atoms with E-state index in [1.54, 1.807) is 0 Å². The van der Waals surface area contributed by atoms with E-state index in [4.69, 9.17) is 14.5 Å². The Morgan fingerprint density at radius 1 is 1.17 bits per heavy atom. The van der Waals surface area contributed by atoms with Crippen molar-refractivity contribution in [1.82, 2.24) is 10.2 Å². The maximum Gasteiger partial charge on any atom is 0.194 e. The second-order valence-corrected chi connectivity index (χ2v) is 7.71. The fourth-order valence-corrected chi connectivity index (χ4v) is 4.20. The van der Waals surface area contributed by atoms with Crippen LogP contribution in [0.2, 0.25) is 0 Å². The minimum Gasteiger partial charge on any atom is -0.375 e. The lowest BCUT2D eigenvalue weighted by Gasteiger charge is -2.37. The Bertz CT molecular complexity index is 446. The van der Waals surface area contributed by atoms with Gasteiger partial charge in [0.25, 0.3) is 0 Å². The van der Waals surface area contributed by atoms with Gasteiger partial charge in [0, 0.05) is 32.8 Å². The standard InChI is InChI=1S/C18H31N3O2.HI/c1-2-19-17(20-13-18(7-8-18)14-5-6-14)21-9-11-23-16(12-21)15-4-3-10-22-15;/h14-16H,2-13H2,1H3,(H,19,20);1H. The van der Waals surface area contributed by atoms with Crippen molar-refractivity contribution in [2.75, 3.05) is 39.4 Å². The van der Waals surface area contributed by atoms with Crippen molar-refractivity contribution in [3.05, 3.63) is 0 Å². The Labute approximate surface area is 162 Å². The summed E-state index contributed by atoms with van der Waals surface area (Å²) in [5.41, 5.74) is 0.570. The first-order valence-electron chi connectivity index (χ1n) is 9.57. The zero-order chi connectivity index (χ0) is 15.7. The minimum atomic E-state index is 0. The summed E-state index contributed by atoms with van der Waals surface area (Å²) >= 11 is 0. The Hall–Kier alpha value is -0.0800. The maximum absolute atomic E-state index is 5.98. The third-order valence-corrected chi connectivity index (χ3v) is 5.99. The molecule has 4 aliphatic rings. The molecular weight excluding hydrogens is 417 g/mol. The number of rotatable bonds is 5. The molecular formula is C18H32IN3O2. The fraction of sp³-hybridized carbons (Fsp3) is 0.944. The van der Waals surface area contributed by atoms with E-state index < -0.39 is 0 Å². The first kappa shape index (κ1) is 18.7. The molecule has 2 saturated carbocycles. The highest BCUT2D eigenvalue weighted by atomic mass is 127. The molecule has 5 nitrogen and oxygen atoms in total. The van der Waals surface area contributed by atoms with Gasteiger partial charge >= 0.3 is 0 Å². The number of morpholine rings is 1. The first-order valence-corrected chi connectivity index (χ1v) is 9.57. The van der Waals surface area contributed by atoms with Gasteiger partial charge in [0.15, 0.2) is 5.96 Å². The maximum atomic E-state index is 5.98. The van der Waals surface area contributed by atoms with Crippen molar-refractivity contribution in [2.45, 2.75) is 57.7 Å². The molecule has 0 bridgehead atoms. The molecule has 4 rings (SSSR count). The van der Waals surface area contributed by atoms with Crippen molar-refractivity contribution in [1.29, 1.82) is 0 Å². The van der Waals surface area contributed by atoms with E-state index >= 15 is 0 Å². The molecule has 24 heavy (non-hydrogen) atoms. The van der Waals surface area contributed by atoms with Gasteiger partial charge in [0.2, 0.25) is 0 Å². The molecule has 4 fully saturated rings. The third kappa shape index (κ3) is 4.18. The number of guanidine groups is 1. The second-order valence-electron chi connectivity index (χ2n) is 7.71. The molecule has 2 aliphatic heterocycles. The highest BCUT2D eigenvalue weighted by molar-refractivity contribution is 14.0. The summed E-state index contributed by atoms with van der Waals surface area (Å²) in [5, 5.41) is 3.50. The minimum absolute atomic E-state index is 0. The molecule has 6 heteroatoms. The lowest BCUT2D eigenvalue weighted by atomic mass is 10.0. The second kappa shape index (κ2) is 8.08. The summed E-state index contributed by atoms with van der Waals surface area (Å²) in [6.45, 7) is 7.62. The van der Waals surface area contributed by atoms with Crippen LogP contribution < -0.4 is 5.32 Å². The molecule has 0 amide bonds. The average Bonchev–Trinajstić information content (AvgIpc) is 3.50. The van der Waals surface area contributed by atoms with Gasteiger partial charge < -0.3 is 19.7 Å². The fourth-order valence-electron chi connectivity index (χ4n) is 4.20. The van der Waals surface area contributed by atoms with Crippen LogP contribution in [0.15, 0.2) is 4.99 Å². The molecule has 0 spiro atoms. The number of hydrogen-bond donors (Lipinski definition) is 1. The Morgan fingerprint density at radius 3 is 2.58 bits per heavy atom. The molecule has 2 heterocycles. The molecule has 2 atom stereocenters. The van der Waals surface area contributed by atoms with Gasteiger partial charge in [-0.05, 0) is 56.8 Å². The molecule has 2 saturated heterocycles. The summed E-state index contributed by atoms with van der Waals surface area (Å²) in [7, 11) is 0. The van der Waals surface area contributed by atoms with Gasteiger partial charge in [-0.1, -0.05) is 0 Å². The van der Waals surface area contributed by atoms with E-state index in [9.17, 15) is 0 Å². The summed E-state index contributed by atoms with van der Waals surface area (Å²) < 4.78 is 11.8. The van der Waals surface area contributed by atoms with Crippen molar-refractivity contribution in [3.63, 3.8) is 0 Å². The van der Waals surface area contributed by atoms with Gasteiger partial charge in [0.1, 0.15) is 6.10 Å². The number of ether oxygens (including phenoxy) is 2. The van der Waals surface area contributed by atoms with E-state index in [1.807, 2.05) is 0 Å². The zero-order valence-electron chi connectivity index (χ0n) is 14.8. The van der Waals surface area contributed by atoms with Gasteiger partial charge in [-0.2, -0.15) is 0 Å². The molecule has 1 N–H and O–H groups in total. The van der Waals surface area contributed by atoms with E-state index in [0.29, 0.717) is 5.41 Å². The summed E-state index contributed by atoms with van der Waals surface area (Å²) in [6.07, 6.45) is 8.44. The highest BCUT2D eigenvalue weighted by Crippen LogP contribution is 2.61. The molecule has 0 aromatic heterocycles. The van der Waals surface area contributed by atoms with Crippen LogP contribution in [-0.2, 0) is 9.47 Å². The smallest absolute Gasteiger partial charge is 0.194 e. The largest absolute Gasteiger partial charge is 0.375 e. The molecule has 2 aliphatic carbocycles. The van der Waals surface area contributed by atoms with Crippen molar-refractivity contribution < 1.29 is 9.47 Å². The normalized spacial score (nSPS) is 32.4. The summed E-state index contributed by atoms with van der Waals surface area (Å²) in [6, 6.07) is 0. The predicted octanol–water partition coefficient (Wildman–Crippen LogP) is 2.64. The van der Waals surface area contributed by atoms with Crippen LogP contribution in [0.25, 0.3) is 0 Å². The van der Waals surface area contributed by atoms with Crippen LogP contribution in [0.5, 0.6) is 0 Å². The van der Waals surface area contributed by atoms with Gasteiger partial charge in [-0.3, -0.25) is 4.99 Å². The molecule has 138 valence electrons. The molecule has 0 aromatic carbocycles. The Balaban J connectivity index is 0.00000169. The van der Waals surface area contributed by atoms with Crippen molar-refractivity contribution >= 4 is 29.9 Å². The van der Waals surface area contributed by atoms with Crippen LogP contribution in [0.1, 0.15) is 45.4 Å². The highest BCUT2D eigenvalue weighted by Gasteiger charge is 2.53. The van der Waals surface area contributed by atoms with E-state index in [2.05, 4.69) is 17.1 Å². The van der Waals surface area contributed by atoms with Crippen LogP contribution in [0, 0.1) is 11.3 Å². The summed E-state index contributed by atoms with van der Waals surface area (Å²) in [5.74, 6) is 2.06. The Morgan fingerprint density at radius 2 is 1.96 bits per heavy atom. The number of aliphatic imine (C=N–C) groups is 1. The monoisotopic (exact) mass is 449 g/mol. The van der Waals surface area contributed by atoms with E-state index in [1.165, 1.54) is 32.1 Å². The van der Waals surface area contributed by atoms with Crippen molar-refractivity contribution in [2.24, 2.45) is 16.3 Å². The lowest BCUT2D eigenvalue weighted by Crippen LogP contribution is -2.53. The van der Waals surface area contributed by atoms with Crippen LogP contribution in [0.4, 0.5) is 0 Å². The van der Waals surface area contributed by atoms with Crippen LogP contribution >= 0.6 is 24.0 Å². The van der Waals surface area contributed by atoms with E-state index in [-0.39, 0.29) is 36.2 Å². The first-order chi connectivity index (χ1) is 11.3. The number of hydrogen-bond acceptors (Lipinski definition) is 3. The van der Waals surface area contributed by atoms with Crippen LogP contribution in [-0.4, -0.2) is 62.5 Å². The topological polar surface area (TPSA) is 46.1 Å². The SMILES string of the molecule is CCNC(=NCC1(C2CC2)CC1)N1CCOC(C2CCCO2)C1.I. The van der Waals surface area contributed by atoms with Gasteiger partial charge in [-0.25, -0.2) is 0 Å². The summed E-state index contributed by atoms with van der Waals surface area (Å²) in [4.78, 5) is 7.42. The lowest BCUT2D eigenvalue weighted by molar-refractivity contribution is -0.0817. The van der Waals surface area contributed by atoms with Crippen LogP contribution in [0.3, 0.4) is 0 Å². The number of halogens is 1. The predicted molar refractivity (Wildman–Crippen MR) is 106 cm³/mol. The van der Waals surface area contributed by atoms with E-state index in [0.717, 1.165) is 57.7 Å². The number of nitrogens with one attached hydrogen (secondary N) is 1. The molecule has 2 unspecified atom stereocenters. The van der Waals surface area contributed by atoms with Gasteiger partial charge in [0.05, 0.1) is 12.7 Å². The number of nitrogens with zero attached hydrogens (tertiary/aromatic N) is 2. The van der Waals surface area contributed by atoms with Crippen molar-refractivity contribution in [3.8, 4) is 0 Å². The third-order valence-electron chi connectivity index (χ3n) is 5.99. The van der Waals surface area contributed by atoms with Gasteiger partial charge in [-0.15, -0.1) is 24.0 Å². The molecule has 0 radical (unpaired) electrons.